The number of hydrogen-bond donors (Lipinski definition) is 3. The molecule has 0 heterocycles. The van der Waals surface area contributed by atoms with Gasteiger partial charge in [-0.15, -0.1) is 0 Å². The van der Waals surface area contributed by atoms with Crippen molar-refractivity contribution in [3.05, 3.63) is 35.9 Å². The molecule has 0 aromatic heterocycles. The fraction of sp³-hybridized carbons (Fsp3) is 0.533. The average Bonchev–Trinajstić information content (AvgIpc) is 2.42. The number of hydrogen-bond acceptors (Lipinski definition) is 3. The van der Waals surface area contributed by atoms with Gasteiger partial charge in [0.15, 0.2) is 0 Å². The number of nitrogens with two attached hydrogens (primary N) is 1. The first-order chi connectivity index (χ1) is 9.02. The third-order valence-corrected chi connectivity index (χ3v) is 4.21. The first-order valence-electron chi connectivity index (χ1n) is 6.79. The lowest BCUT2D eigenvalue weighted by Gasteiger charge is -2.46. The minimum absolute atomic E-state index is 0.273. The lowest BCUT2D eigenvalue weighted by Crippen LogP contribution is -2.70. The topological polar surface area (TPSA) is 75.4 Å². The van der Waals surface area contributed by atoms with Crippen LogP contribution in [0.2, 0.25) is 0 Å². The zero-order chi connectivity index (χ0) is 13.9. The molecule has 0 saturated heterocycles. The monoisotopic (exact) mass is 262 g/mol. The van der Waals surface area contributed by atoms with Gasteiger partial charge in [0.05, 0.1) is 5.60 Å². The van der Waals surface area contributed by atoms with Gasteiger partial charge in [0.1, 0.15) is 5.54 Å². The molecule has 0 bridgehead atoms. The van der Waals surface area contributed by atoms with Gasteiger partial charge in [-0.05, 0) is 18.4 Å². The fourth-order valence-electron chi connectivity index (χ4n) is 3.00. The highest BCUT2D eigenvalue weighted by Crippen LogP contribution is 2.38. The standard InChI is InChI=1S/C15H22N2O2/c1-17-13(18)15(16)10-6-5-9-14(15,19)11-12-7-3-2-4-8-12/h2-4,7-8,19H,5-6,9-11,16H2,1H3,(H,17,18). The molecule has 19 heavy (non-hydrogen) atoms. The second kappa shape index (κ2) is 5.31. The zero-order valence-corrected chi connectivity index (χ0v) is 11.4. The molecule has 1 fully saturated rings. The quantitative estimate of drug-likeness (QED) is 0.760. The second-order valence-electron chi connectivity index (χ2n) is 5.45. The van der Waals surface area contributed by atoms with E-state index < -0.39 is 11.1 Å². The molecule has 104 valence electrons. The second-order valence-corrected chi connectivity index (χ2v) is 5.45. The molecule has 1 saturated carbocycles. The Morgan fingerprint density at radius 2 is 1.95 bits per heavy atom. The summed E-state index contributed by atoms with van der Waals surface area (Å²) in [6.45, 7) is 0. The van der Waals surface area contributed by atoms with E-state index in [1.807, 2.05) is 30.3 Å². The van der Waals surface area contributed by atoms with Gasteiger partial charge in [0.25, 0.3) is 0 Å². The Bertz CT molecular complexity index is 449. The molecule has 2 atom stereocenters. The number of likely N-dealkylation sites (N-methyl/N-ethyl adjacent to an activating group) is 1. The van der Waals surface area contributed by atoms with E-state index in [0.29, 0.717) is 19.3 Å². The number of benzene rings is 1. The molecule has 0 spiro atoms. The first kappa shape index (κ1) is 14.0. The first-order valence-corrected chi connectivity index (χ1v) is 6.79. The van der Waals surface area contributed by atoms with Crippen molar-refractivity contribution in [1.82, 2.24) is 5.32 Å². The van der Waals surface area contributed by atoms with Crippen LogP contribution in [0.5, 0.6) is 0 Å². The number of carbonyl (C=O) groups excluding carboxylic acids is 1. The Morgan fingerprint density at radius 1 is 1.32 bits per heavy atom. The third-order valence-electron chi connectivity index (χ3n) is 4.21. The number of nitrogens with one attached hydrogen (secondary N) is 1. The predicted octanol–water partition coefficient (Wildman–Crippen LogP) is 0.978. The average molecular weight is 262 g/mol. The summed E-state index contributed by atoms with van der Waals surface area (Å²) >= 11 is 0. The molecular formula is C15H22N2O2. The van der Waals surface area contributed by atoms with Gasteiger partial charge < -0.3 is 16.2 Å². The molecular weight excluding hydrogens is 240 g/mol. The van der Waals surface area contributed by atoms with E-state index in [9.17, 15) is 9.90 Å². The summed E-state index contributed by atoms with van der Waals surface area (Å²) in [5.74, 6) is -0.273. The molecule has 4 nitrogen and oxygen atoms in total. The Kier molecular flexibility index (Phi) is 3.92. The number of amides is 1. The van der Waals surface area contributed by atoms with Crippen molar-refractivity contribution in [2.75, 3.05) is 7.05 Å². The van der Waals surface area contributed by atoms with Crippen LogP contribution < -0.4 is 11.1 Å². The normalized spacial score (nSPS) is 30.9. The Hall–Kier alpha value is -1.39. The lowest BCUT2D eigenvalue weighted by atomic mass is 9.66. The van der Waals surface area contributed by atoms with Crippen LogP contribution >= 0.6 is 0 Å². The Morgan fingerprint density at radius 3 is 2.58 bits per heavy atom. The van der Waals surface area contributed by atoms with Crippen LogP contribution in [0.1, 0.15) is 31.2 Å². The zero-order valence-electron chi connectivity index (χ0n) is 11.4. The van der Waals surface area contributed by atoms with Gasteiger partial charge >= 0.3 is 0 Å². The van der Waals surface area contributed by atoms with Crippen molar-refractivity contribution < 1.29 is 9.90 Å². The molecule has 2 rings (SSSR count). The van der Waals surface area contributed by atoms with E-state index in [2.05, 4.69) is 5.32 Å². The van der Waals surface area contributed by atoms with E-state index in [0.717, 1.165) is 18.4 Å². The van der Waals surface area contributed by atoms with Gasteiger partial charge in [-0.3, -0.25) is 4.79 Å². The van der Waals surface area contributed by atoms with Crippen molar-refractivity contribution in [3.8, 4) is 0 Å². The molecule has 4 N–H and O–H groups in total. The molecule has 4 heteroatoms. The number of carbonyl (C=O) groups is 1. The van der Waals surface area contributed by atoms with E-state index in [-0.39, 0.29) is 5.91 Å². The van der Waals surface area contributed by atoms with Gasteiger partial charge in [-0.25, -0.2) is 0 Å². The highest BCUT2D eigenvalue weighted by molar-refractivity contribution is 5.87. The Labute approximate surface area is 114 Å². The van der Waals surface area contributed by atoms with Crippen LogP contribution in [-0.2, 0) is 11.2 Å². The van der Waals surface area contributed by atoms with Crippen LogP contribution in [0.15, 0.2) is 30.3 Å². The fourth-order valence-corrected chi connectivity index (χ4v) is 3.00. The van der Waals surface area contributed by atoms with E-state index >= 15 is 0 Å². The third kappa shape index (κ3) is 2.51. The van der Waals surface area contributed by atoms with Gasteiger partial charge in [0.2, 0.25) is 5.91 Å². The van der Waals surface area contributed by atoms with Crippen LogP contribution in [0, 0.1) is 0 Å². The summed E-state index contributed by atoms with van der Waals surface area (Å²) in [4.78, 5) is 12.1. The molecule has 1 amide bonds. The van der Waals surface area contributed by atoms with Crippen LogP contribution in [0.3, 0.4) is 0 Å². The summed E-state index contributed by atoms with van der Waals surface area (Å²) in [7, 11) is 1.56. The van der Waals surface area contributed by atoms with Crippen molar-refractivity contribution in [1.29, 1.82) is 0 Å². The maximum absolute atomic E-state index is 12.1. The van der Waals surface area contributed by atoms with Crippen molar-refractivity contribution in [3.63, 3.8) is 0 Å². The SMILES string of the molecule is CNC(=O)C1(N)CCCCC1(O)Cc1ccccc1. The molecule has 1 aliphatic rings. The van der Waals surface area contributed by atoms with Crippen LogP contribution in [0.4, 0.5) is 0 Å². The molecule has 0 aliphatic heterocycles. The summed E-state index contributed by atoms with van der Waals surface area (Å²) in [6, 6.07) is 9.70. The Balaban J connectivity index is 2.29. The predicted molar refractivity (Wildman–Crippen MR) is 74.5 cm³/mol. The summed E-state index contributed by atoms with van der Waals surface area (Å²) in [5.41, 5.74) is 4.91. The minimum Gasteiger partial charge on any atom is -0.387 e. The largest absolute Gasteiger partial charge is 0.387 e. The van der Waals surface area contributed by atoms with Crippen molar-refractivity contribution in [2.45, 2.75) is 43.2 Å². The minimum atomic E-state index is -1.20. The maximum atomic E-state index is 12.1. The summed E-state index contributed by atoms with van der Waals surface area (Å²) in [5, 5.41) is 13.6. The van der Waals surface area contributed by atoms with E-state index in [1.165, 1.54) is 0 Å². The highest BCUT2D eigenvalue weighted by atomic mass is 16.3. The van der Waals surface area contributed by atoms with E-state index in [1.54, 1.807) is 7.05 Å². The lowest BCUT2D eigenvalue weighted by molar-refractivity contribution is -0.142. The van der Waals surface area contributed by atoms with E-state index in [4.69, 9.17) is 5.73 Å². The smallest absolute Gasteiger partial charge is 0.242 e. The highest BCUT2D eigenvalue weighted by Gasteiger charge is 2.53. The van der Waals surface area contributed by atoms with Crippen LogP contribution in [-0.4, -0.2) is 29.2 Å². The van der Waals surface area contributed by atoms with Crippen molar-refractivity contribution in [2.24, 2.45) is 5.73 Å². The molecule has 1 aliphatic carbocycles. The van der Waals surface area contributed by atoms with Crippen LogP contribution in [0.25, 0.3) is 0 Å². The molecule has 2 unspecified atom stereocenters. The van der Waals surface area contributed by atoms with Gasteiger partial charge in [-0.2, -0.15) is 0 Å². The summed E-state index contributed by atoms with van der Waals surface area (Å²) in [6.07, 6.45) is 3.28. The summed E-state index contributed by atoms with van der Waals surface area (Å²) < 4.78 is 0. The number of aliphatic hydroxyl groups is 1. The van der Waals surface area contributed by atoms with Gasteiger partial charge in [-0.1, -0.05) is 43.2 Å². The molecule has 1 aromatic carbocycles. The van der Waals surface area contributed by atoms with Crippen molar-refractivity contribution >= 4 is 5.91 Å². The maximum Gasteiger partial charge on any atom is 0.242 e. The van der Waals surface area contributed by atoms with Gasteiger partial charge in [0, 0.05) is 13.5 Å². The molecule has 0 radical (unpaired) electrons. The molecule has 1 aromatic rings. The number of rotatable bonds is 3.